The maximum Gasteiger partial charge on any atom is 0.318 e. The third kappa shape index (κ3) is 4.17. The summed E-state index contributed by atoms with van der Waals surface area (Å²) in [5, 5.41) is 6.76. The molecule has 3 heterocycles. The van der Waals surface area contributed by atoms with Crippen LogP contribution < -0.4 is 10.6 Å². The van der Waals surface area contributed by atoms with E-state index in [1.54, 1.807) is 23.3 Å². The van der Waals surface area contributed by atoms with Crippen molar-refractivity contribution in [3.8, 4) is 0 Å². The minimum absolute atomic E-state index is 0.158. The first-order chi connectivity index (χ1) is 13.7. The number of furan rings is 1. The molecule has 1 aliphatic heterocycles. The topological polar surface area (TPSA) is 99.6 Å². The number of carbonyl (C=O) groups is 2. The van der Waals surface area contributed by atoms with Gasteiger partial charge in [-0.05, 0) is 36.4 Å². The van der Waals surface area contributed by atoms with E-state index < -0.39 is 0 Å². The number of ether oxygens (including phenoxy) is 1. The van der Waals surface area contributed by atoms with Crippen LogP contribution in [0.1, 0.15) is 12.2 Å². The van der Waals surface area contributed by atoms with E-state index in [4.69, 9.17) is 9.15 Å². The fourth-order valence-electron chi connectivity index (χ4n) is 3.33. The van der Waals surface area contributed by atoms with E-state index in [1.165, 1.54) is 0 Å². The van der Waals surface area contributed by atoms with Crippen molar-refractivity contribution < 1.29 is 18.7 Å². The Bertz CT molecular complexity index is 950. The highest BCUT2D eigenvalue weighted by Crippen LogP contribution is 2.19. The number of anilines is 1. The first-order valence-corrected chi connectivity index (χ1v) is 9.20. The van der Waals surface area contributed by atoms with Gasteiger partial charge in [-0.25, -0.2) is 4.79 Å². The van der Waals surface area contributed by atoms with Crippen LogP contribution in [0, 0.1) is 0 Å². The number of benzene rings is 1. The lowest BCUT2D eigenvalue weighted by molar-refractivity contribution is -0.118. The van der Waals surface area contributed by atoms with E-state index in [9.17, 15) is 9.59 Å². The van der Waals surface area contributed by atoms with Gasteiger partial charge in [0.1, 0.15) is 5.76 Å². The van der Waals surface area contributed by atoms with Gasteiger partial charge in [0.05, 0.1) is 32.1 Å². The first kappa shape index (κ1) is 18.1. The molecule has 1 fully saturated rings. The number of morpholine rings is 1. The maximum atomic E-state index is 12.5. The SMILES string of the molecule is O=C(C[C@@H]1COCCN1C(=O)NCc1ccco1)Nc1ccc2[nH]ccc2c1. The molecule has 28 heavy (non-hydrogen) atoms. The number of rotatable bonds is 5. The van der Waals surface area contributed by atoms with Crippen LogP contribution in [0.15, 0.2) is 53.3 Å². The van der Waals surface area contributed by atoms with Crippen LogP contribution >= 0.6 is 0 Å². The number of H-pyrrole nitrogens is 1. The summed E-state index contributed by atoms with van der Waals surface area (Å²) in [5.74, 6) is 0.519. The van der Waals surface area contributed by atoms with Gasteiger partial charge in [0.15, 0.2) is 0 Å². The second-order valence-electron chi connectivity index (χ2n) is 6.69. The fourth-order valence-corrected chi connectivity index (χ4v) is 3.33. The van der Waals surface area contributed by atoms with E-state index >= 15 is 0 Å². The van der Waals surface area contributed by atoms with Crippen molar-refractivity contribution in [3.63, 3.8) is 0 Å². The number of nitrogens with zero attached hydrogens (tertiary/aromatic N) is 1. The van der Waals surface area contributed by atoms with Gasteiger partial charge in [-0.3, -0.25) is 4.79 Å². The van der Waals surface area contributed by atoms with Gasteiger partial charge < -0.3 is 29.7 Å². The molecule has 2 aromatic heterocycles. The van der Waals surface area contributed by atoms with Crippen molar-refractivity contribution in [2.45, 2.75) is 19.0 Å². The van der Waals surface area contributed by atoms with Gasteiger partial charge in [-0.15, -0.1) is 0 Å². The van der Waals surface area contributed by atoms with Crippen LogP contribution in [0.25, 0.3) is 10.9 Å². The molecule has 0 aliphatic carbocycles. The summed E-state index contributed by atoms with van der Waals surface area (Å²) in [5.41, 5.74) is 1.74. The van der Waals surface area contributed by atoms with E-state index in [2.05, 4.69) is 15.6 Å². The minimum Gasteiger partial charge on any atom is -0.467 e. The van der Waals surface area contributed by atoms with E-state index in [1.807, 2.05) is 30.5 Å². The summed E-state index contributed by atoms with van der Waals surface area (Å²) >= 11 is 0. The molecule has 0 radical (unpaired) electrons. The van der Waals surface area contributed by atoms with Crippen LogP contribution in [0.2, 0.25) is 0 Å². The zero-order valence-corrected chi connectivity index (χ0v) is 15.3. The number of amides is 3. The summed E-state index contributed by atoms with van der Waals surface area (Å²) in [6, 6.07) is 10.7. The molecule has 3 N–H and O–H groups in total. The Hall–Kier alpha value is -3.26. The lowest BCUT2D eigenvalue weighted by atomic mass is 10.1. The lowest BCUT2D eigenvalue weighted by Crippen LogP contribution is -2.53. The molecule has 146 valence electrons. The van der Waals surface area contributed by atoms with E-state index in [0.29, 0.717) is 32.1 Å². The molecule has 8 nitrogen and oxygen atoms in total. The van der Waals surface area contributed by atoms with Crippen molar-refractivity contribution in [3.05, 3.63) is 54.6 Å². The minimum atomic E-state index is -0.318. The van der Waals surface area contributed by atoms with Crippen LogP contribution in [-0.4, -0.2) is 47.6 Å². The van der Waals surface area contributed by atoms with E-state index in [-0.39, 0.29) is 24.4 Å². The van der Waals surface area contributed by atoms with Gasteiger partial charge in [0.2, 0.25) is 5.91 Å². The molecule has 1 aromatic carbocycles. The number of hydrogen-bond acceptors (Lipinski definition) is 4. The van der Waals surface area contributed by atoms with Gasteiger partial charge >= 0.3 is 6.03 Å². The second kappa shape index (κ2) is 8.18. The van der Waals surface area contributed by atoms with Crippen molar-refractivity contribution in [1.29, 1.82) is 0 Å². The third-order valence-electron chi connectivity index (χ3n) is 4.74. The molecular weight excluding hydrogens is 360 g/mol. The van der Waals surface area contributed by atoms with Crippen LogP contribution in [-0.2, 0) is 16.1 Å². The van der Waals surface area contributed by atoms with Crippen molar-refractivity contribution in [2.75, 3.05) is 25.1 Å². The number of hydrogen-bond donors (Lipinski definition) is 3. The monoisotopic (exact) mass is 382 g/mol. The summed E-state index contributed by atoms with van der Waals surface area (Å²) in [6.07, 6.45) is 3.59. The summed E-state index contributed by atoms with van der Waals surface area (Å²) in [4.78, 5) is 29.8. The molecule has 1 aliphatic rings. The Balaban J connectivity index is 1.35. The highest BCUT2D eigenvalue weighted by Gasteiger charge is 2.29. The maximum absolute atomic E-state index is 12.5. The number of aromatic amines is 1. The fraction of sp³-hybridized carbons (Fsp3) is 0.300. The number of nitrogens with one attached hydrogen (secondary N) is 3. The zero-order valence-electron chi connectivity index (χ0n) is 15.3. The average Bonchev–Trinajstić information content (AvgIpc) is 3.38. The Kier molecular flexibility index (Phi) is 5.29. The molecule has 0 saturated carbocycles. The lowest BCUT2D eigenvalue weighted by Gasteiger charge is -2.35. The molecule has 1 atom stereocenters. The quantitative estimate of drug-likeness (QED) is 0.632. The molecule has 0 unspecified atom stereocenters. The average molecular weight is 382 g/mol. The summed E-state index contributed by atoms with van der Waals surface area (Å²) < 4.78 is 10.7. The Labute approximate surface area is 161 Å². The van der Waals surface area contributed by atoms with Gasteiger partial charge in [0, 0.05) is 35.8 Å². The number of urea groups is 1. The summed E-state index contributed by atoms with van der Waals surface area (Å²) in [6.45, 7) is 1.53. The normalized spacial score (nSPS) is 16.9. The largest absolute Gasteiger partial charge is 0.467 e. The standard InChI is InChI=1S/C20H22N4O4/c25-19(23-15-3-4-18-14(10-15)5-6-21-18)11-16-13-27-9-7-24(16)20(26)22-12-17-2-1-8-28-17/h1-6,8,10,16,21H,7,9,11-13H2,(H,22,26)(H,23,25)/t16-/m1/s1. The van der Waals surface area contributed by atoms with Crippen LogP contribution in [0.4, 0.5) is 10.5 Å². The molecule has 8 heteroatoms. The molecule has 3 aromatic rings. The summed E-state index contributed by atoms with van der Waals surface area (Å²) in [7, 11) is 0. The number of fused-ring (bicyclic) bond motifs is 1. The number of carbonyl (C=O) groups excluding carboxylic acids is 2. The highest BCUT2D eigenvalue weighted by atomic mass is 16.5. The molecule has 1 saturated heterocycles. The molecule has 0 bridgehead atoms. The van der Waals surface area contributed by atoms with E-state index in [0.717, 1.165) is 16.6 Å². The van der Waals surface area contributed by atoms with Gasteiger partial charge in [-0.1, -0.05) is 0 Å². The zero-order chi connectivity index (χ0) is 19.3. The van der Waals surface area contributed by atoms with Crippen LogP contribution in [0.5, 0.6) is 0 Å². The predicted octanol–water partition coefficient (Wildman–Crippen LogP) is 2.70. The number of aromatic nitrogens is 1. The third-order valence-corrected chi connectivity index (χ3v) is 4.74. The predicted molar refractivity (Wildman–Crippen MR) is 104 cm³/mol. The molecule has 3 amide bonds. The van der Waals surface area contributed by atoms with Gasteiger partial charge in [0.25, 0.3) is 0 Å². The second-order valence-corrected chi connectivity index (χ2v) is 6.69. The molecular formula is C20H22N4O4. The smallest absolute Gasteiger partial charge is 0.318 e. The molecule has 4 rings (SSSR count). The van der Waals surface area contributed by atoms with Gasteiger partial charge in [-0.2, -0.15) is 0 Å². The van der Waals surface area contributed by atoms with Crippen LogP contribution in [0.3, 0.4) is 0 Å². The Morgan fingerprint density at radius 1 is 1.25 bits per heavy atom. The molecule has 0 spiro atoms. The Morgan fingerprint density at radius 3 is 3.04 bits per heavy atom. The first-order valence-electron chi connectivity index (χ1n) is 9.20. The Morgan fingerprint density at radius 2 is 2.18 bits per heavy atom. The van der Waals surface area contributed by atoms with Crippen molar-refractivity contribution >= 4 is 28.5 Å². The van der Waals surface area contributed by atoms with Crippen molar-refractivity contribution in [2.24, 2.45) is 0 Å². The highest BCUT2D eigenvalue weighted by molar-refractivity contribution is 5.94. The van der Waals surface area contributed by atoms with Crippen molar-refractivity contribution in [1.82, 2.24) is 15.2 Å².